The highest BCUT2D eigenvalue weighted by molar-refractivity contribution is 4.81. The molecule has 1 aliphatic rings. The molecule has 1 fully saturated rings. The van der Waals surface area contributed by atoms with Crippen molar-refractivity contribution in [1.29, 1.82) is 0 Å². The molecule has 1 heterocycles. The first-order valence-corrected chi connectivity index (χ1v) is 20.0. The summed E-state index contributed by atoms with van der Waals surface area (Å²) in [4.78, 5) is 0. The Bertz CT molecular complexity index is 588. The normalized spacial score (nSPS) is 20.1. The summed E-state index contributed by atoms with van der Waals surface area (Å²) < 4.78 is 0.963. The van der Waals surface area contributed by atoms with Crippen LogP contribution in [0.25, 0.3) is 0 Å². The van der Waals surface area contributed by atoms with Crippen molar-refractivity contribution in [1.82, 2.24) is 0 Å². The molecular weight excluding hydrogens is 562 g/mol. The number of hydrogen-bond donors (Lipinski definition) is 2. The number of hydrogen-bond acceptors (Lipinski definition) is 2. The molecule has 0 spiro atoms. The van der Waals surface area contributed by atoms with E-state index in [-0.39, 0.29) is 12.4 Å². The third kappa shape index (κ3) is 26.0. The fraction of sp³-hybridized carbons (Fsp3) is 0.950. The molecular formula is C40H80ClNO2. The highest BCUT2D eigenvalue weighted by Gasteiger charge is 2.42. The Kier molecular flexibility index (Phi) is 32.8. The Morgan fingerprint density at radius 1 is 0.409 bits per heavy atom. The van der Waals surface area contributed by atoms with Gasteiger partial charge in [0.05, 0.1) is 13.1 Å². The quantitative estimate of drug-likeness (QED) is 0.0427. The second-order valence-corrected chi connectivity index (χ2v) is 14.5. The molecule has 0 amide bonds. The Morgan fingerprint density at radius 2 is 0.659 bits per heavy atom. The van der Waals surface area contributed by atoms with E-state index in [9.17, 15) is 10.2 Å². The van der Waals surface area contributed by atoms with Crippen LogP contribution >= 0.6 is 0 Å². The zero-order valence-corrected chi connectivity index (χ0v) is 30.8. The topological polar surface area (TPSA) is 40.5 Å². The van der Waals surface area contributed by atoms with Gasteiger partial charge in [0.1, 0.15) is 25.3 Å². The zero-order valence-electron chi connectivity index (χ0n) is 30.1. The van der Waals surface area contributed by atoms with Crippen LogP contribution in [-0.4, -0.2) is 53.1 Å². The SMILES string of the molecule is CCCCCCCC/C=C\CCCCCCCC[N+]1(CCCCCCCCCCCCCCCCCC)CC(O)C(O)C1.[Cl-]. The highest BCUT2D eigenvalue weighted by Crippen LogP contribution is 2.24. The van der Waals surface area contributed by atoms with Gasteiger partial charge in [-0.3, -0.25) is 0 Å². The average molecular weight is 643 g/mol. The summed E-state index contributed by atoms with van der Waals surface area (Å²) in [6, 6.07) is 0. The fourth-order valence-electron chi connectivity index (χ4n) is 7.28. The molecule has 2 unspecified atom stereocenters. The van der Waals surface area contributed by atoms with E-state index in [2.05, 4.69) is 26.0 Å². The molecule has 0 saturated carbocycles. The van der Waals surface area contributed by atoms with Crippen LogP contribution in [-0.2, 0) is 0 Å². The van der Waals surface area contributed by atoms with Crippen LogP contribution in [0, 0.1) is 0 Å². The zero-order chi connectivity index (χ0) is 31.1. The second-order valence-electron chi connectivity index (χ2n) is 14.5. The van der Waals surface area contributed by atoms with E-state index in [4.69, 9.17) is 0 Å². The van der Waals surface area contributed by atoms with E-state index in [1.165, 1.54) is 193 Å². The molecule has 1 saturated heterocycles. The molecule has 1 aliphatic heterocycles. The number of nitrogens with zero attached hydrogens (tertiary/aromatic N) is 1. The van der Waals surface area contributed by atoms with Crippen LogP contribution in [0.2, 0.25) is 0 Å². The lowest BCUT2D eigenvalue weighted by molar-refractivity contribution is -0.919. The van der Waals surface area contributed by atoms with Crippen molar-refractivity contribution in [2.45, 2.75) is 219 Å². The molecule has 0 aromatic rings. The molecule has 0 aromatic heterocycles. The number of quaternary nitrogens is 1. The maximum atomic E-state index is 10.3. The van der Waals surface area contributed by atoms with E-state index in [0.29, 0.717) is 0 Å². The van der Waals surface area contributed by atoms with E-state index in [1.807, 2.05) is 0 Å². The third-order valence-electron chi connectivity index (χ3n) is 10.2. The first-order valence-electron chi connectivity index (χ1n) is 20.0. The third-order valence-corrected chi connectivity index (χ3v) is 10.2. The van der Waals surface area contributed by atoms with Crippen molar-refractivity contribution in [2.75, 3.05) is 26.2 Å². The molecule has 4 heteroatoms. The number of likely N-dealkylation sites (tertiary alicyclic amines) is 1. The maximum absolute atomic E-state index is 10.3. The summed E-state index contributed by atoms with van der Waals surface area (Å²) in [6.07, 6.45) is 45.1. The van der Waals surface area contributed by atoms with Gasteiger partial charge in [0.15, 0.2) is 0 Å². The summed E-state index contributed by atoms with van der Waals surface area (Å²) >= 11 is 0. The van der Waals surface area contributed by atoms with Gasteiger partial charge in [-0.25, -0.2) is 0 Å². The first-order chi connectivity index (χ1) is 21.1. The van der Waals surface area contributed by atoms with Crippen molar-refractivity contribution >= 4 is 0 Å². The van der Waals surface area contributed by atoms with Crippen LogP contribution in [0.3, 0.4) is 0 Å². The minimum atomic E-state index is -0.518. The maximum Gasteiger partial charge on any atom is 0.134 e. The molecule has 264 valence electrons. The predicted octanol–water partition coefficient (Wildman–Crippen LogP) is 8.84. The van der Waals surface area contributed by atoms with Crippen LogP contribution in [0.4, 0.5) is 0 Å². The fourth-order valence-corrected chi connectivity index (χ4v) is 7.28. The van der Waals surface area contributed by atoms with Crippen LogP contribution in [0.1, 0.15) is 206 Å². The van der Waals surface area contributed by atoms with Crippen molar-refractivity contribution < 1.29 is 27.1 Å². The standard InChI is InChI=1S/C40H80NO2.ClH/c1-3-5-7-9-11-13-15-17-19-21-23-25-27-29-31-33-35-41(37-39(42)40(43)38-41)36-34-32-30-28-26-24-22-20-18-16-14-12-10-8-6-4-2;/h17,19,39-40,42-43H,3-16,18,20-38H2,1-2H3;1H/q+1;/p-1/b19-17-;. The molecule has 2 N–H and O–H groups in total. The van der Waals surface area contributed by atoms with Crippen molar-refractivity contribution in [3.05, 3.63) is 12.2 Å². The van der Waals surface area contributed by atoms with E-state index >= 15 is 0 Å². The molecule has 44 heavy (non-hydrogen) atoms. The monoisotopic (exact) mass is 642 g/mol. The van der Waals surface area contributed by atoms with Gasteiger partial charge in [-0.05, 0) is 51.4 Å². The Labute approximate surface area is 283 Å². The lowest BCUT2D eigenvalue weighted by Crippen LogP contribution is -3.00. The summed E-state index contributed by atoms with van der Waals surface area (Å²) in [7, 11) is 0. The van der Waals surface area contributed by atoms with Gasteiger partial charge in [-0.2, -0.15) is 0 Å². The molecule has 3 nitrogen and oxygen atoms in total. The van der Waals surface area contributed by atoms with Gasteiger partial charge in [0.25, 0.3) is 0 Å². The summed E-state index contributed by atoms with van der Waals surface area (Å²) in [5.74, 6) is 0. The van der Waals surface area contributed by atoms with Gasteiger partial charge in [0, 0.05) is 0 Å². The molecule has 0 bridgehead atoms. The Hall–Kier alpha value is -0.0900. The van der Waals surface area contributed by atoms with Gasteiger partial charge in [0.2, 0.25) is 0 Å². The molecule has 0 aliphatic carbocycles. The molecule has 1 rings (SSSR count). The summed E-state index contributed by atoms with van der Waals surface area (Å²) in [5.41, 5.74) is 0. The number of halogens is 1. The predicted molar refractivity (Wildman–Crippen MR) is 191 cm³/mol. The highest BCUT2D eigenvalue weighted by atomic mass is 35.5. The summed E-state index contributed by atoms with van der Waals surface area (Å²) in [6.45, 7) is 8.42. The van der Waals surface area contributed by atoms with Gasteiger partial charge in [-0.15, -0.1) is 0 Å². The summed E-state index contributed by atoms with van der Waals surface area (Å²) in [5, 5.41) is 20.7. The number of aliphatic hydroxyl groups is 2. The lowest BCUT2D eigenvalue weighted by atomic mass is 10.0. The van der Waals surface area contributed by atoms with E-state index in [0.717, 1.165) is 30.7 Å². The second kappa shape index (κ2) is 32.8. The number of rotatable bonds is 33. The van der Waals surface area contributed by atoms with Crippen molar-refractivity contribution in [3.63, 3.8) is 0 Å². The minimum absolute atomic E-state index is 0. The Balaban J connectivity index is 0.0000185. The van der Waals surface area contributed by atoms with Gasteiger partial charge < -0.3 is 27.1 Å². The average Bonchev–Trinajstić information content (AvgIpc) is 3.29. The van der Waals surface area contributed by atoms with Crippen LogP contribution in [0.15, 0.2) is 12.2 Å². The van der Waals surface area contributed by atoms with Crippen molar-refractivity contribution in [3.8, 4) is 0 Å². The number of allylic oxidation sites excluding steroid dienone is 2. The van der Waals surface area contributed by atoms with E-state index in [1.54, 1.807) is 0 Å². The lowest BCUT2D eigenvalue weighted by Gasteiger charge is -2.34. The molecule has 2 atom stereocenters. The Morgan fingerprint density at radius 3 is 0.955 bits per heavy atom. The number of aliphatic hydroxyl groups excluding tert-OH is 2. The molecule has 0 aromatic carbocycles. The largest absolute Gasteiger partial charge is 1.00 e. The van der Waals surface area contributed by atoms with Gasteiger partial charge in [-0.1, -0.05) is 167 Å². The van der Waals surface area contributed by atoms with Crippen molar-refractivity contribution in [2.24, 2.45) is 0 Å². The van der Waals surface area contributed by atoms with E-state index < -0.39 is 12.2 Å². The molecule has 0 radical (unpaired) electrons. The minimum Gasteiger partial charge on any atom is -1.00 e. The smallest absolute Gasteiger partial charge is 0.134 e. The number of unbranched alkanes of at least 4 members (excludes halogenated alkanes) is 27. The van der Waals surface area contributed by atoms with Gasteiger partial charge >= 0.3 is 0 Å². The van der Waals surface area contributed by atoms with Crippen LogP contribution in [0.5, 0.6) is 0 Å². The van der Waals surface area contributed by atoms with Crippen LogP contribution < -0.4 is 12.4 Å². The first kappa shape index (κ1) is 43.9.